The number of hydrogen-bond acceptors (Lipinski definition) is 5. The second-order valence-electron chi connectivity index (χ2n) is 5.76. The lowest BCUT2D eigenvalue weighted by atomic mass is 10.2. The first-order valence-corrected chi connectivity index (χ1v) is 10.0. The molecule has 3 heterocycles. The van der Waals surface area contributed by atoms with Gasteiger partial charge in [-0.15, -0.1) is 27.8 Å². The quantitative estimate of drug-likeness (QED) is 0.499. The van der Waals surface area contributed by atoms with Gasteiger partial charge in [0, 0.05) is 34.9 Å². The number of halogens is 1. The van der Waals surface area contributed by atoms with Gasteiger partial charge in [-0.25, -0.2) is 8.91 Å². The first-order valence-electron chi connectivity index (χ1n) is 8.27. The van der Waals surface area contributed by atoms with Crippen molar-refractivity contribution in [2.75, 3.05) is 6.54 Å². The molecule has 1 aromatic carbocycles. The number of carbonyl (C=O) groups excluding carboxylic acids is 1. The molecular weight excluding hydrogens is 383 g/mol. The Balaban J connectivity index is 1.40. The first-order chi connectivity index (χ1) is 13.2. The van der Waals surface area contributed by atoms with E-state index in [-0.39, 0.29) is 11.7 Å². The van der Waals surface area contributed by atoms with E-state index in [2.05, 4.69) is 15.4 Å². The van der Waals surface area contributed by atoms with E-state index in [1.807, 2.05) is 22.9 Å². The van der Waals surface area contributed by atoms with Gasteiger partial charge < -0.3 is 5.32 Å². The fourth-order valence-electron chi connectivity index (χ4n) is 2.56. The van der Waals surface area contributed by atoms with Crippen LogP contribution in [0.4, 0.5) is 4.39 Å². The van der Waals surface area contributed by atoms with Gasteiger partial charge in [0.15, 0.2) is 5.82 Å². The van der Waals surface area contributed by atoms with Crippen LogP contribution in [-0.4, -0.2) is 27.0 Å². The van der Waals surface area contributed by atoms with E-state index in [1.165, 1.54) is 29.5 Å². The van der Waals surface area contributed by atoms with E-state index in [0.717, 1.165) is 15.5 Å². The maximum Gasteiger partial charge on any atom is 0.244 e. The maximum absolute atomic E-state index is 13.4. The van der Waals surface area contributed by atoms with Gasteiger partial charge in [-0.3, -0.25) is 4.79 Å². The molecule has 0 saturated carbocycles. The van der Waals surface area contributed by atoms with Gasteiger partial charge in [0.05, 0.1) is 5.69 Å². The highest BCUT2D eigenvalue weighted by Crippen LogP contribution is 2.21. The zero-order valence-corrected chi connectivity index (χ0v) is 15.8. The summed E-state index contributed by atoms with van der Waals surface area (Å²) in [5, 5.41) is 11.3. The summed E-state index contributed by atoms with van der Waals surface area (Å²) < 4.78 is 15.2. The standard InChI is InChI=1S/C19H15FN4OS2/c20-14-4-1-3-13(11-14)18-22-19-24(23-18)15(12-27-19)8-9-21-17(25)7-6-16-5-2-10-26-16/h1-7,10-12H,8-9H2,(H,21,25)/b7-6+. The number of hydrogen-bond donors (Lipinski definition) is 1. The van der Waals surface area contributed by atoms with Crippen LogP contribution in [0.25, 0.3) is 22.4 Å². The molecule has 1 amide bonds. The second kappa shape index (κ2) is 7.81. The molecule has 8 heteroatoms. The van der Waals surface area contributed by atoms with Gasteiger partial charge in [-0.05, 0) is 29.7 Å². The number of aromatic nitrogens is 3. The Morgan fingerprint density at radius 1 is 1.26 bits per heavy atom. The van der Waals surface area contributed by atoms with Gasteiger partial charge >= 0.3 is 0 Å². The summed E-state index contributed by atoms with van der Waals surface area (Å²) in [5.41, 5.74) is 1.59. The molecule has 0 atom stereocenters. The molecule has 4 rings (SSSR count). The number of carbonyl (C=O) groups is 1. The van der Waals surface area contributed by atoms with Gasteiger partial charge in [-0.1, -0.05) is 18.2 Å². The third kappa shape index (κ3) is 4.12. The molecule has 0 fully saturated rings. The molecule has 1 N–H and O–H groups in total. The smallest absolute Gasteiger partial charge is 0.244 e. The summed E-state index contributed by atoms with van der Waals surface area (Å²) in [4.78, 5) is 18.1. The van der Waals surface area contributed by atoms with Gasteiger partial charge in [0.25, 0.3) is 0 Å². The second-order valence-corrected chi connectivity index (χ2v) is 7.57. The minimum absolute atomic E-state index is 0.131. The Morgan fingerprint density at radius 2 is 2.19 bits per heavy atom. The molecule has 0 bridgehead atoms. The zero-order chi connectivity index (χ0) is 18.6. The van der Waals surface area contributed by atoms with Crippen molar-refractivity contribution in [1.29, 1.82) is 0 Å². The van der Waals surface area contributed by atoms with E-state index in [9.17, 15) is 9.18 Å². The van der Waals surface area contributed by atoms with Crippen LogP contribution in [0.3, 0.4) is 0 Å². The summed E-state index contributed by atoms with van der Waals surface area (Å²) in [6.07, 6.45) is 3.96. The minimum Gasteiger partial charge on any atom is -0.352 e. The monoisotopic (exact) mass is 398 g/mol. The van der Waals surface area contributed by atoms with Crippen molar-refractivity contribution < 1.29 is 9.18 Å². The fraction of sp³-hybridized carbons (Fsp3) is 0.105. The maximum atomic E-state index is 13.4. The molecule has 0 saturated heterocycles. The molecule has 0 unspecified atom stereocenters. The van der Waals surface area contributed by atoms with Crippen LogP contribution in [0.1, 0.15) is 10.6 Å². The van der Waals surface area contributed by atoms with Gasteiger partial charge in [-0.2, -0.15) is 4.98 Å². The normalized spacial score (nSPS) is 11.4. The molecule has 136 valence electrons. The lowest BCUT2D eigenvalue weighted by molar-refractivity contribution is -0.116. The predicted octanol–water partition coefficient (Wildman–Crippen LogP) is 4.03. The topological polar surface area (TPSA) is 59.3 Å². The Morgan fingerprint density at radius 3 is 3.00 bits per heavy atom. The molecule has 0 aliphatic heterocycles. The van der Waals surface area contributed by atoms with Crippen molar-refractivity contribution in [2.45, 2.75) is 6.42 Å². The minimum atomic E-state index is -0.316. The van der Waals surface area contributed by atoms with Crippen molar-refractivity contribution in [2.24, 2.45) is 0 Å². The van der Waals surface area contributed by atoms with Gasteiger partial charge in [0.2, 0.25) is 10.9 Å². The number of nitrogens with one attached hydrogen (secondary N) is 1. The first kappa shape index (κ1) is 17.6. The van der Waals surface area contributed by atoms with E-state index in [1.54, 1.807) is 34.1 Å². The summed E-state index contributed by atoms with van der Waals surface area (Å²) in [7, 11) is 0. The van der Waals surface area contributed by atoms with Crippen LogP contribution in [0.15, 0.2) is 53.2 Å². The van der Waals surface area contributed by atoms with Crippen LogP contribution in [-0.2, 0) is 11.2 Å². The van der Waals surface area contributed by atoms with Crippen molar-refractivity contribution >= 4 is 39.6 Å². The van der Waals surface area contributed by atoms with E-state index >= 15 is 0 Å². The average Bonchev–Trinajstić information content (AvgIpc) is 3.38. The summed E-state index contributed by atoms with van der Waals surface area (Å²) in [6, 6.07) is 10.1. The number of rotatable bonds is 6. The zero-order valence-electron chi connectivity index (χ0n) is 14.1. The predicted molar refractivity (Wildman–Crippen MR) is 106 cm³/mol. The number of fused-ring (bicyclic) bond motifs is 1. The highest BCUT2D eigenvalue weighted by Gasteiger charge is 2.12. The molecule has 0 radical (unpaired) electrons. The fourth-order valence-corrected chi connectivity index (χ4v) is 4.04. The molecular formula is C19H15FN4OS2. The van der Waals surface area contributed by atoms with E-state index in [4.69, 9.17) is 0 Å². The van der Waals surface area contributed by atoms with Crippen molar-refractivity contribution in [3.8, 4) is 11.4 Å². The highest BCUT2D eigenvalue weighted by atomic mass is 32.1. The van der Waals surface area contributed by atoms with Crippen LogP contribution < -0.4 is 5.32 Å². The number of amides is 1. The van der Waals surface area contributed by atoms with Crippen LogP contribution in [0.5, 0.6) is 0 Å². The van der Waals surface area contributed by atoms with Crippen LogP contribution >= 0.6 is 22.7 Å². The van der Waals surface area contributed by atoms with Crippen molar-refractivity contribution in [3.63, 3.8) is 0 Å². The molecule has 5 nitrogen and oxygen atoms in total. The number of thiazole rings is 1. The average molecular weight is 398 g/mol. The van der Waals surface area contributed by atoms with E-state index < -0.39 is 0 Å². The Hall–Kier alpha value is -2.84. The Bertz CT molecular complexity index is 1100. The third-order valence-electron chi connectivity index (χ3n) is 3.86. The molecule has 27 heavy (non-hydrogen) atoms. The number of benzene rings is 1. The molecule has 0 aliphatic rings. The lowest BCUT2D eigenvalue weighted by Crippen LogP contribution is -2.23. The van der Waals surface area contributed by atoms with E-state index in [0.29, 0.717) is 24.4 Å². The number of thiophene rings is 1. The molecule has 0 aliphatic carbocycles. The largest absolute Gasteiger partial charge is 0.352 e. The SMILES string of the molecule is O=C(/C=C/c1cccs1)NCCc1csc2nc(-c3cccc(F)c3)nn12. The number of nitrogens with zero attached hydrogens (tertiary/aromatic N) is 3. The lowest BCUT2D eigenvalue weighted by Gasteiger charge is -2.01. The summed E-state index contributed by atoms with van der Waals surface area (Å²) in [5.74, 6) is 0.0450. The Labute approximate surface area is 162 Å². The van der Waals surface area contributed by atoms with Crippen LogP contribution in [0.2, 0.25) is 0 Å². The summed E-state index contributed by atoms with van der Waals surface area (Å²) >= 11 is 3.05. The Kier molecular flexibility index (Phi) is 5.08. The van der Waals surface area contributed by atoms with Crippen molar-refractivity contribution in [1.82, 2.24) is 19.9 Å². The molecule has 3 aromatic heterocycles. The van der Waals surface area contributed by atoms with Crippen molar-refractivity contribution in [3.05, 3.63) is 69.6 Å². The van der Waals surface area contributed by atoms with Gasteiger partial charge in [0.1, 0.15) is 5.82 Å². The summed E-state index contributed by atoms with van der Waals surface area (Å²) in [6.45, 7) is 0.495. The highest BCUT2D eigenvalue weighted by molar-refractivity contribution is 7.15. The van der Waals surface area contributed by atoms with Crippen LogP contribution in [0, 0.1) is 5.82 Å². The third-order valence-corrected chi connectivity index (χ3v) is 5.56. The molecule has 0 spiro atoms. The molecule has 4 aromatic rings.